The van der Waals surface area contributed by atoms with Gasteiger partial charge in [-0.2, -0.15) is 0 Å². The fourth-order valence-corrected chi connectivity index (χ4v) is 2.52. The Morgan fingerprint density at radius 1 is 1.19 bits per heavy atom. The van der Waals surface area contributed by atoms with Crippen LogP contribution in [-0.4, -0.2) is 43.6 Å². The zero-order chi connectivity index (χ0) is 15.6. The summed E-state index contributed by atoms with van der Waals surface area (Å²) in [6.07, 6.45) is 1.88. The topological polar surface area (TPSA) is 55.8 Å². The smallest absolute Gasteiger partial charge is 0.325 e. The Hall–Kier alpha value is -2.04. The average Bonchev–Trinajstić information content (AvgIpc) is 3.27. The highest BCUT2D eigenvalue weighted by Crippen LogP contribution is 2.30. The van der Waals surface area contributed by atoms with Crippen molar-refractivity contribution in [3.63, 3.8) is 0 Å². The van der Waals surface area contributed by atoms with Crippen molar-refractivity contribution in [2.45, 2.75) is 32.7 Å². The first-order valence-electron chi connectivity index (χ1n) is 7.01. The summed E-state index contributed by atoms with van der Waals surface area (Å²) in [5.74, 6) is 0.270. The maximum Gasteiger partial charge on any atom is 0.325 e. The molecule has 2 rings (SSSR count). The van der Waals surface area contributed by atoms with E-state index in [0.717, 1.165) is 29.7 Å². The molecule has 0 aliphatic heterocycles. The molecule has 0 N–H and O–H groups in total. The first-order valence-corrected chi connectivity index (χ1v) is 7.01. The third-order valence-corrected chi connectivity index (χ3v) is 3.69. The van der Waals surface area contributed by atoms with Crippen molar-refractivity contribution in [3.8, 4) is 5.75 Å². The van der Waals surface area contributed by atoms with Gasteiger partial charge in [-0.3, -0.25) is 9.59 Å². The maximum atomic E-state index is 12.7. The van der Waals surface area contributed by atoms with Gasteiger partial charge in [0.2, 0.25) is 0 Å². The molecule has 0 saturated heterocycles. The van der Waals surface area contributed by atoms with Crippen LogP contribution in [-0.2, 0) is 9.53 Å². The number of carbonyl (C=O) groups excluding carboxylic acids is 2. The Kier molecular flexibility index (Phi) is 4.50. The van der Waals surface area contributed by atoms with Gasteiger partial charge in [0, 0.05) is 11.6 Å². The monoisotopic (exact) mass is 291 g/mol. The number of rotatable bonds is 5. The predicted octanol–water partition coefficient (Wildman–Crippen LogP) is 2.09. The standard InChI is InChI=1S/C16H21NO4/c1-10-7-12(8-11(2)15(10)21-4)16(19)17(13-5-6-13)9-14(18)20-3/h7-8,13H,5-6,9H2,1-4H3. The highest BCUT2D eigenvalue weighted by molar-refractivity contribution is 5.97. The van der Waals surface area contributed by atoms with Crippen LogP contribution in [0.3, 0.4) is 0 Å². The summed E-state index contributed by atoms with van der Waals surface area (Å²) in [5, 5.41) is 0. The third kappa shape index (κ3) is 3.35. The van der Waals surface area contributed by atoms with E-state index in [0.29, 0.717) is 5.56 Å². The van der Waals surface area contributed by atoms with Gasteiger partial charge < -0.3 is 14.4 Å². The predicted molar refractivity (Wildman–Crippen MR) is 78.5 cm³/mol. The second kappa shape index (κ2) is 6.16. The summed E-state index contributed by atoms with van der Waals surface area (Å²) in [4.78, 5) is 25.8. The molecule has 114 valence electrons. The minimum absolute atomic E-state index is 0.00409. The van der Waals surface area contributed by atoms with Gasteiger partial charge in [0.1, 0.15) is 12.3 Å². The van der Waals surface area contributed by atoms with Gasteiger partial charge in [0.05, 0.1) is 14.2 Å². The van der Waals surface area contributed by atoms with Crippen LogP contribution < -0.4 is 4.74 Å². The third-order valence-electron chi connectivity index (χ3n) is 3.69. The molecule has 1 aromatic carbocycles. The molecule has 0 bridgehead atoms. The van der Waals surface area contributed by atoms with Crippen molar-refractivity contribution in [2.24, 2.45) is 0 Å². The molecule has 0 unspecified atom stereocenters. The van der Waals surface area contributed by atoms with Gasteiger partial charge in [-0.25, -0.2) is 0 Å². The zero-order valence-electron chi connectivity index (χ0n) is 12.9. The van der Waals surface area contributed by atoms with E-state index in [1.165, 1.54) is 7.11 Å². The molecule has 1 aliphatic rings. The van der Waals surface area contributed by atoms with E-state index in [1.807, 2.05) is 13.8 Å². The number of amides is 1. The Morgan fingerprint density at radius 3 is 2.19 bits per heavy atom. The number of ether oxygens (including phenoxy) is 2. The summed E-state index contributed by atoms with van der Waals surface area (Å²) in [6, 6.07) is 3.76. The van der Waals surface area contributed by atoms with E-state index in [2.05, 4.69) is 4.74 Å². The average molecular weight is 291 g/mol. The quantitative estimate of drug-likeness (QED) is 0.780. The van der Waals surface area contributed by atoms with E-state index in [-0.39, 0.29) is 18.5 Å². The highest BCUT2D eigenvalue weighted by Gasteiger charge is 2.34. The fourth-order valence-electron chi connectivity index (χ4n) is 2.52. The molecule has 1 aliphatic carbocycles. The molecular weight excluding hydrogens is 270 g/mol. The zero-order valence-corrected chi connectivity index (χ0v) is 12.9. The number of benzene rings is 1. The number of hydrogen-bond donors (Lipinski definition) is 0. The first-order chi connectivity index (χ1) is 9.97. The molecule has 0 atom stereocenters. The highest BCUT2D eigenvalue weighted by atomic mass is 16.5. The lowest BCUT2D eigenvalue weighted by molar-refractivity contribution is -0.141. The molecule has 5 heteroatoms. The van der Waals surface area contributed by atoms with E-state index in [4.69, 9.17) is 4.74 Å². The van der Waals surface area contributed by atoms with Gasteiger partial charge in [-0.15, -0.1) is 0 Å². The van der Waals surface area contributed by atoms with Crippen LogP contribution in [0.25, 0.3) is 0 Å². The first kappa shape index (κ1) is 15.4. The second-order valence-corrected chi connectivity index (χ2v) is 5.38. The van der Waals surface area contributed by atoms with E-state index in [9.17, 15) is 9.59 Å². The van der Waals surface area contributed by atoms with Crippen LogP contribution in [0.4, 0.5) is 0 Å². The number of carbonyl (C=O) groups is 2. The second-order valence-electron chi connectivity index (χ2n) is 5.38. The van der Waals surface area contributed by atoms with Crippen LogP contribution in [0.15, 0.2) is 12.1 Å². The number of esters is 1. The molecule has 1 aromatic rings. The van der Waals surface area contributed by atoms with Crippen LogP contribution in [0.1, 0.15) is 34.3 Å². The molecule has 21 heavy (non-hydrogen) atoms. The minimum Gasteiger partial charge on any atom is -0.496 e. The van der Waals surface area contributed by atoms with Crippen molar-refractivity contribution < 1.29 is 19.1 Å². The largest absolute Gasteiger partial charge is 0.496 e. The van der Waals surface area contributed by atoms with E-state index < -0.39 is 5.97 Å². The van der Waals surface area contributed by atoms with Crippen molar-refractivity contribution in [1.82, 2.24) is 4.90 Å². The van der Waals surface area contributed by atoms with Gasteiger partial charge >= 0.3 is 5.97 Å². The van der Waals surface area contributed by atoms with E-state index in [1.54, 1.807) is 24.1 Å². The van der Waals surface area contributed by atoms with Crippen molar-refractivity contribution in [2.75, 3.05) is 20.8 Å². The van der Waals surface area contributed by atoms with Crippen LogP contribution >= 0.6 is 0 Å². The molecule has 0 aromatic heterocycles. The van der Waals surface area contributed by atoms with Gasteiger partial charge in [-0.1, -0.05) is 0 Å². The normalized spacial score (nSPS) is 13.7. The van der Waals surface area contributed by atoms with E-state index >= 15 is 0 Å². The molecular formula is C16H21NO4. The molecule has 0 radical (unpaired) electrons. The summed E-state index contributed by atoms with van der Waals surface area (Å²) < 4.78 is 9.99. The molecule has 1 saturated carbocycles. The molecule has 1 fully saturated rings. The summed E-state index contributed by atoms with van der Waals surface area (Å²) in [5.41, 5.74) is 2.41. The lowest BCUT2D eigenvalue weighted by Crippen LogP contribution is -2.38. The molecule has 5 nitrogen and oxygen atoms in total. The Labute approximate surface area is 124 Å². The number of methoxy groups -OCH3 is 2. The Balaban J connectivity index is 2.26. The molecule has 0 spiro atoms. The number of hydrogen-bond acceptors (Lipinski definition) is 4. The summed E-state index contributed by atoms with van der Waals surface area (Å²) >= 11 is 0. The van der Waals surface area contributed by atoms with Crippen molar-refractivity contribution in [1.29, 1.82) is 0 Å². The number of aryl methyl sites for hydroxylation is 2. The van der Waals surface area contributed by atoms with Crippen molar-refractivity contribution in [3.05, 3.63) is 28.8 Å². The SMILES string of the molecule is COC(=O)CN(C(=O)c1cc(C)c(OC)c(C)c1)C1CC1. The number of nitrogens with zero attached hydrogens (tertiary/aromatic N) is 1. The maximum absolute atomic E-state index is 12.7. The minimum atomic E-state index is -0.391. The lowest BCUT2D eigenvalue weighted by Gasteiger charge is -2.22. The fraction of sp³-hybridized carbons (Fsp3) is 0.500. The molecule has 1 amide bonds. The van der Waals surface area contributed by atoms with Gasteiger partial charge in [0.15, 0.2) is 0 Å². The summed E-state index contributed by atoms with van der Waals surface area (Å²) in [7, 11) is 2.95. The summed E-state index contributed by atoms with van der Waals surface area (Å²) in [6.45, 7) is 3.82. The lowest BCUT2D eigenvalue weighted by atomic mass is 10.0. The van der Waals surface area contributed by atoms with Gasteiger partial charge in [0.25, 0.3) is 5.91 Å². The Bertz CT molecular complexity index is 540. The van der Waals surface area contributed by atoms with Crippen LogP contribution in [0, 0.1) is 13.8 Å². The van der Waals surface area contributed by atoms with Crippen LogP contribution in [0.2, 0.25) is 0 Å². The van der Waals surface area contributed by atoms with Crippen molar-refractivity contribution >= 4 is 11.9 Å². The Morgan fingerprint density at radius 2 is 1.76 bits per heavy atom. The van der Waals surface area contributed by atoms with Crippen LogP contribution in [0.5, 0.6) is 5.75 Å². The molecule has 0 heterocycles. The van der Waals surface area contributed by atoms with Gasteiger partial charge in [-0.05, 0) is 49.9 Å².